The van der Waals surface area contributed by atoms with E-state index < -0.39 is 6.10 Å². The number of aromatic nitrogens is 3. The first-order valence-electron chi connectivity index (χ1n) is 7.75. The van der Waals surface area contributed by atoms with E-state index >= 15 is 0 Å². The number of hydrogen-bond donors (Lipinski definition) is 1. The molecule has 0 aliphatic carbocycles. The maximum Gasteiger partial charge on any atom is 0.259 e. The van der Waals surface area contributed by atoms with Gasteiger partial charge in [0.2, 0.25) is 5.88 Å². The average molecular weight is 329 g/mol. The first-order chi connectivity index (χ1) is 11.7. The summed E-state index contributed by atoms with van der Waals surface area (Å²) in [6.45, 7) is 3.53. The lowest BCUT2D eigenvalue weighted by Crippen LogP contribution is -2.42. The van der Waals surface area contributed by atoms with E-state index in [1.807, 2.05) is 6.92 Å². The molecule has 1 fully saturated rings. The molecule has 3 rings (SSSR count). The number of nitrogens with two attached hydrogens (primary N) is 1. The van der Waals surface area contributed by atoms with Gasteiger partial charge in [0.05, 0.1) is 19.8 Å². The lowest BCUT2D eigenvalue weighted by Gasteiger charge is -2.33. The van der Waals surface area contributed by atoms with Gasteiger partial charge in [-0.05, 0) is 19.1 Å². The van der Waals surface area contributed by atoms with Crippen molar-refractivity contribution >= 4 is 11.7 Å². The van der Waals surface area contributed by atoms with Gasteiger partial charge in [0, 0.05) is 25.1 Å². The molecule has 0 bridgehead atoms. The average Bonchev–Trinajstić information content (AvgIpc) is 2.62. The van der Waals surface area contributed by atoms with Crippen molar-refractivity contribution in [1.29, 1.82) is 0 Å². The van der Waals surface area contributed by atoms with Gasteiger partial charge in [-0.25, -0.2) is 9.97 Å². The van der Waals surface area contributed by atoms with Gasteiger partial charge < -0.3 is 20.1 Å². The number of amides is 1. The highest BCUT2D eigenvalue weighted by Crippen LogP contribution is 2.26. The standard InChI is InChI=1S/C16H19N5O3/c1-2-23-15-11(4-3-5-20-15)16(22)21-8-9-24-12(10-21)13-14(17)19-7-6-18-13/h3-7,12H,2,8-10H2,1H3,(H2,17,19)/t12-/m0/s1. The monoisotopic (exact) mass is 329 g/mol. The molecule has 0 aromatic carbocycles. The van der Waals surface area contributed by atoms with Crippen LogP contribution in [0.15, 0.2) is 30.7 Å². The van der Waals surface area contributed by atoms with E-state index in [0.717, 1.165) is 0 Å². The number of carbonyl (C=O) groups is 1. The SMILES string of the molecule is CCOc1ncccc1C(=O)N1CCO[C@H](c2nccnc2N)C1. The lowest BCUT2D eigenvalue weighted by molar-refractivity contribution is -0.0246. The third kappa shape index (κ3) is 3.28. The zero-order valence-electron chi connectivity index (χ0n) is 13.4. The summed E-state index contributed by atoms with van der Waals surface area (Å²) in [5, 5.41) is 0. The van der Waals surface area contributed by atoms with E-state index in [1.54, 1.807) is 29.4 Å². The van der Waals surface area contributed by atoms with Crippen LogP contribution in [0.25, 0.3) is 0 Å². The van der Waals surface area contributed by atoms with Crippen LogP contribution in [0, 0.1) is 0 Å². The molecule has 8 nitrogen and oxygen atoms in total. The lowest BCUT2D eigenvalue weighted by atomic mass is 10.1. The van der Waals surface area contributed by atoms with Gasteiger partial charge in [-0.1, -0.05) is 0 Å². The predicted molar refractivity (Wildman–Crippen MR) is 86.4 cm³/mol. The van der Waals surface area contributed by atoms with Crippen LogP contribution in [-0.2, 0) is 4.74 Å². The maximum absolute atomic E-state index is 12.8. The number of nitrogen functional groups attached to an aromatic ring is 1. The van der Waals surface area contributed by atoms with E-state index in [0.29, 0.717) is 49.3 Å². The molecular weight excluding hydrogens is 310 g/mol. The Bertz CT molecular complexity index is 724. The van der Waals surface area contributed by atoms with Crippen molar-refractivity contribution in [3.8, 4) is 5.88 Å². The number of pyridine rings is 1. The summed E-state index contributed by atoms with van der Waals surface area (Å²) in [7, 11) is 0. The molecule has 0 saturated carbocycles. The first kappa shape index (κ1) is 16.1. The molecule has 2 aromatic rings. The van der Waals surface area contributed by atoms with Gasteiger partial charge >= 0.3 is 0 Å². The molecule has 0 unspecified atom stereocenters. The summed E-state index contributed by atoms with van der Waals surface area (Å²) in [6.07, 6.45) is 4.28. The van der Waals surface area contributed by atoms with Crippen molar-refractivity contribution in [3.63, 3.8) is 0 Å². The third-order valence-corrected chi connectivity index (χ3v) is 3.70. The minimum atomic E-state index is -0.399. The maximum atomic E-state index is 12.8. The second-order valence-corrected chi connectivity index (χ2v) is 5.23. The molecule has 24 heavy (non-hydrogen) atoms. The van der Waals surface area contributed by atoms with Crippen molar-refractivity contribution in [2.24, 2.45) is 0 Å². The Morgan fingerprint density at radius 1 is 1.38 bits per heavy atom. The van der Waals surface area contributed by atoms with Crippen molar-refractivity contribution in [3.05, 3.63) is 42.0 Å². The molecule has 1 saturated heterocycles. The van der Waals surface area contributed by atoms with Crippen LogP contribution in [-0.4, -0.2) is 52.1 Å². The molecular formula is C16H19N5O3. The molecule has 1 atom stereocenters. The predicted octanol–water partition coefficient (Wildman–Crippen LogP) is 1.07. The minimum Gasteiger partial charge on any atom is -0.477 e. The van der Waals surface area contributed by atoms with Gasteiger partial charge in [0.15, 0.2) is 0 Å². The van der Waals surface area contributed by atoms with Crippen molar-refractivity contribution < 1.29 is 14.3 Å². The second-order valence-electron chi connectivity index (χ2n) is 5.23. The highest BCUT2D eigenvalue weighted by molar-refractivity contribution is 5.96. The van der Waals surface area contributed by atoms with Gasteiger partial charge in [-0.3, -0.25) is 9.78 Å². The molecule has 0 radical (unpaired) electrons. The van der Waals surface area contributed by atoms with Crippen LogP contribution >= 0.6 is 0 Å². The molecule has 8 heteroatoms. The van der Waals surface area contributed by atoms with Crippen molar-refractivity contribution in [2.75, 3.05) is 32.0 Å². The Kier molecular flexibility index (Phi) is 4.85. The largest absolute Gasteiger partial charge is 0.477 e. The Hall–Kier alpha value is -2.74. The van der Waals surface area contributed by atoms with E-state index in [9.17, 15) is 4.79 Å². The van der Waals surface area contributed by atoms with E-state index in [-0.39, 0.29) is 5.91 Å². The summed E-state index contributed by atoms with van der Waals surface area (Å²) < 4.78 is 11.2. The number of nitrogens with zero attached hydrogens (tertiary/aromatic N) is 4. The molecule has 1 amide bonds. The smallest absolute Gasteiger partial charge is 0.259 e. The Labute approximate surface area is 139 Å². The van der Waals surface area contributed by atoms with Crippen LogP contribution in [0.3, 0.4) is 0 Å². The molecule has 2 aromatic heterocycles. The highest BCUT2D eigenvalue weighted by atomic mass is 16.5. The van der Waals surface area contributed by atoms with Gasteiger partial charge in [-0.15, -0.1) is 0 Å². The fourth-order valence-electron chi connectivity index (χ4n) is 2.58. The topological polar surface area (TPSA) is 103 Å². The van der Waals surface area contributed by atoms with Crippen LogP contribution in [0.2, 0.25) is 0 Å². The molecule has 3 heterocycles. The summed E-state index contributed by atoms with van der Waals surface area (Å²) in [6, 6.07) is 3.43. The first-order valence-corrected chi connectivity index (χ1v) is 7.75. The fourth-order valence-corrected chi connectivity index (χ4v) is 2.58. The van der Waals surface area contributed by atoms with E-state index in [2.05, 4.69) is 15.0 Å². The number of rotatable bonds is 4. The van der Waals surface area contributed by atoms with Crippen molar-refractivity contribution in [1.82, 2.24) is 19.9 Å². The van der Waals surface area contributed by atoms with Crippen molar-refractivity contribution in [2.45, 2.75) is 13.0 Å². The van der Waals surface area contributed by atoms with Gasteiger partial charge in [0.1, 0.15) is 23.2 Å². The van der Waals surface area contributed by atoms with Gasteiger partial charge in [0.25, 0.3) is 5.91 Å². The second kappa shape index (κ2) is 7.22. The number of hydrogen-bond acceptors (Lipinski definition) is 7. The van der Waals surface area contributed by atoms with Crippen LogP contribution in [0.4, 0.5) is 5.82 Å². The number of anilines is 1. The Balaban J connectivity index is 1.80. The molecule has 1 aliphatic heterocycles. The Morgan fingerprint density at radius 2 is 2.21 bits per heavy atom. The highest BCUT2D eigenvalue weighted by Gasteiger charge is 2.29. The normalized spacial score (nSPS) is 17.5. The van der Waals surface area contributed by atoms with Crippen LogP contribution in [0.5, 0.6) is 5.88 Å². The molecule has 0 spiro atoms. The summed E-state index contributed by atoms with van der Waals surface area (Å²) in [4.78, 5) is 26.9. The fraction of sp³-hybridized carbons (Fsp3) is 0.375. The summed E-state index contributed by atoms with van der Waals surface area (Å²) in [5.41, 5.74) is 6.85. The quantitative estimate of drug-likeness (QED) is 0.894. The third-order valence-electron chi connectivity index (χ3n) is 3.70. The molecule has 2 N–H and O–H groups in total. The van der Waals surface area contributed by atoms with E-state index in [4.69, 9.17) is 15.2 Å². The summed E-state index contributed by atoms with van der Waals surface area (Å²) >= 11 is 0. The molecule has 1 aliphatic rings. The number of morpholine rings is 1. The number of ether oxygens (including phenoxy) is 2. The van der Waals surface area contributed by atoms with E-state index in [1.165, 1.54) is 6.20 Å². The van der Waals surface area contributed by atoms with Crippen LogP contribution < -0.4 is 10.5 Å². The van der Waals surface area contributed by atoms with Crippen LogP contribution in [0.1, 0.15) is 29.1 Å². The van der Waals surface area contributed by atoms with Gasteiger partial charge in [-0.2, -0.15) is 0 Å². The zero-order valence-corrected chi connectivity index (χ0v) is 13.4. The minimum absolute atomic E-state index is 0.151. The Morgan fingerprint density at radius 3 is 3.00 bits per heavy atom. The summed E-state index contributed by atoms with van der Waals surface area (Å²) in [5.74, 6) is 0.502. The molecule has 126 valence electrons. The zero-order chi connectivity index (χ0) is 16.9. The number of carbonyl (C=O) groups excluding carboxylic acids is 1.